The summed E-state index contributed by atoms with van der Waals surface area (Å²) in [7, 11) is 0. The Labute approximate surface area is 179 Å². The van der Waals surface area contributed by atoms with Crippen molar-refractivity contribution in [1.29, 1.82) is 0 Å². The topological polar surface area (TPSA) is 60.7 Å². The molecule has 3 aromatic rings. The van der Waals surface area contributed by atoms with Crippen LogP contribution in [0.25, 0.3) is 6.08 Å². The van der Waals surface area contributed by atoms with E-state index in [1.807, 2.05) is 17.5 Å². The van der Waals surface area contributed by atoms with Crippen molar-refractivity contribution in [3.05, 3.63) is 102 Å². The van der Waals surface area contributed by atoms with Gasteiger partial charge in [0.25, 0.3) is 5.56 Å². The van der Waals surface area contributed by atoms with Crippen molar-refractivity contribution < 1.29 is 13.9 Å². The highest BCUT2D eigenvalue weighted by Gasteiger charge is 2.33. The molecule has 0 saturated carbocycles. The van der Waals surface area contributed by atoms with Crippen molar-refractivity contribution in [2.75, 3.05) is 6.61 Å². The lowest BCUT2D eigenvalue weighted by atomic mass is 10.0. The third kappa shape index (κ3) is 3.71. The Kier molecular flexibility index (Phi) is 5.61. The maximum absolute atomic E-state index is 13.3. The number of carbonyl (C=O) groups is 1. The molecule has 0 bridgehead atoms. The van der Waals surface area contributed by atoms with E-state index in [2.05, 4.69) is 11.6 Å². The monoisotopic (exact) mass is 440 g/mol. The molecule has 0 radical (unpaired) electrons. The van der Waals surface area contributed by atoms with Gasteiger partial charge in [0.05, 0.1) is 15.8 Å². The number of hydrogen-bond acceptors (Lipinski definition) is 6. The second kappa shape index (κ2) is 8.33. The van der Waals surface area contributed by atoms with Gasteiger partial charge in [-0.3, -0.25) is 9.36 Å². The summed E-state index contributed by atoms with van der Waals surface area (Å²) in [4.78, 5) is 31.9. The third-order valence-electron chi connectivity index (χ3n) is 4.55. The maximum atomic E-state index is 13.3. The van der Waals surface area contributed by atoms with Crippen molar-refractivity contribution in [3.8, 4) is 0 Å². The van der Waals surface area contributed by atoms with Gasteiger partial charge in [-0.2, -0.15) is 0 Å². The molecule has 0 spiro atoms. The van der Waals surface area contributed by atoms with E-state index in [1.54, 1.807) is 25.1 Å². The molecule has 5 nitrogen and oxygen atoms in total. The SMILES string of the molecule is C=CCOC(=O)C1=C(C)N=c2s/c(=C\c3ccc(F)cc3)c(=O)n2[C@@H]1c1cccs1. The molecule has 0 unspecified atom stereocenters. The van der Waals surface area contributed by atoms with E-state index in [9.17, 15) is 14.0 Å². The summed E-state index contributed by atoms with van der Waals surface area (Å²) in [6.07, 6.45) is 3.19. The van der Waals surface area contributed by atoms with Gasteiger partial charge in [-0.15, -0.1) is 11.3 Å². The van der Waals surface area contributed by atoms with Crippen molar-refractivity contribution in [2.45, 2.75) is 13.0 Å². The first-order chi connectivity index (χ1) is 14.5. The second-order valence-corrected chi connectivity index (χ2v) is 8.52. The molecule has 4 rings (SSSR count). The number of allylic oxidation sites excluding steroid dienone is 1. The Morgan fingerprint density at radius 2 is 2.10 bits per heavy atom. The molecule has 30 heavy (non-hydrogen) atoms. The molecule has 1 atom stereocenters. The fourth-order valence-electron chi connectivity index (χ4n) is 3.22. The molecule has 0 fully saturated rings. The standard InChI is InChI=1S/C22H17FN2O3S2/c1-3-10-28-21(27)18-13(2)24-22-25(19(18)16-5-4-11-29-16)20(26)17(30-22)12-14-6-8-15(23)9-7-14/h3-9,11-12,19H,1,10H2,2H3/b17-12-/t19-/m1/s1. The van der Waals surface area contributed by atoms with Gasteiger partial charge in [-0.1, -0.05) is 42.2 Å². The molecule has 1 aliphatic heterocycles. The molecular weight excluding hydrogens is 423 g/mol. The molecule has 0 saturated heterocycles. The van der Waals surface area contributed by atoms with Crippen LogP contribution in [-0.4, -0.2) is 17.1 Å². The molecule has 3 heterocycles. The first-order valence-electron chi connectivity index (χ1n) is 9.09. The lowest BCUT2D eigenvalue weighted by Crippen LogP contribution is -2.39. The summed E-state index contributed by atoms with van der Waals surface area (Å²) in [5.41, 5.74) is 1.29. The number of halogens is 1. The van der Waals surface area contributed by atoms with Crippen LogP contribution in [0.15, 0.2) is 75.5 Å². The highest BCUT2D eigenvalue weighted by molar-refractivity contribution is 7.10. The molecule has 8 heteroatoms. The van der Waals surface area contributed by atoms with Crippen LogP contribution in [0.4, 0.5) is 4.39 Å². The minimum atomic E-state index is -0.617. The number of nitrogens with zero attached hydrogens (tertiary/aromatic N) is 2. The number of ether oxygens (including phenoxy) is 1. The highest BCUT2D eigenvalue weighted by Crippen LogP contribution is 2.33. The minimum absolute atomic E-state index is 0.0712. The number of thiophene rings is 1. The highest BCUT2D eigenvalue weighted by atomic mass is 32.1. The Balaban J connectivity index is 1.90. The zero-order valence-corrected chi connectivity index (χ0v) is 17.6. The zero-order valence-electron chi connectivity index (χ0n) is 16.0. The number of rotatable bonds is 5. The van der Waals surface area contributed by atoms with Gasteiger partial charge in [0.1, 0.15) is 18.5 Å². The number of fused-ring (bicyclic) bond motifs is 1. The number of thiazole rings is 1. The average Bonchev–Trinajstić information content (AvgIpc) is 3.36. The molecule has 0 N–H and O–H groups in total. The third-order valence-corrected chi connectivity index (χ3v) is 6.46. The second-order valence-electron chi connectivity index (χ2n) is 6.54. The predicted octanol–water partition coefficient (Wildman–Crippen LogP) is 3.17. The summed E-state index contributed by atoms with van der Waals surface area (Å²) in [6, 6.07) is 9.03. The Hall–Kier alpha value is -3.10. The van der Waals surface area contributed by atoms with Crippen molar-refractivity contribution in [3.63, 3.8) is 0 Å². The summed E-state index contributed by atoms with van der Waals surface area (Å²) in [5.74, 6) is -0.869. The predicted molar refractivity (Wildman–Crippen MR) is 116 cm³/mol. The van der Waals surface area contributed by atoms with Crippen molar-refractivity contribution in [2.24, 2.45) is 4.99 Å². The first-order valence-corrected chi connectivity index (χ1v) is 10.8. The van der Waals surface area contributed by atoms with Crippen LogP contribution in [0.3, 0.4) is 0 Å². The van der Waals surface area contributed by atoms with E-state index in [0.717, 1.165) is 4.88 Å². The smallest absolute Gasteiger partial charge is 0.338 e. The van der Waals surface area contributed by atoms with Gasteiger partial charge in [0.15, 0.2) is 4.80 Å². The number of benzene rings is 1. The van der Waals surface area contributed by atoms with Crippen LogP contribution in [0, 0.1) is 5.82 Å². The first kappa shape index (κ1) is 20.2. The van der Waals surface area contributed by atoms with Crippen LogP contribution in [-0.2, 0) is 9.53 Å². The van der Waals surface area contributed by atoms with Crippen molar-refractivity contribution >= 4 is 34.7 Å². The molecule has 0 aliphatic carbocycles. The zero-order chi connectivity index (χ0) is 21.3. The van der Waals surface area contributed by atoms with E-state index < -0.39 is 12.0 Å². The summed E-state index contributed by atoms with van der Waals surface area (Å²) in [5, 5.41) is 1.89. The van der Waals surface area contributed by atoms with Crippen LogP contribution >= 0.6 is 22.7 Å². The minimum Gasteiger partial charge on any atom is -0.458 e. The molecule has 0 amide bonds. The van der Waals surface area contributed by atoms with Gasteiger partial charge in [0, 0.05) is 4.88 Å². The van der Waals surface area contributed by atoms with Crippen LogP contribution < -0.4 is 14.9 Å². The Morgan fingerprint density at radius 1 is 1.33 bits per heavy atom. The number of hydrogen-bond donors (Lipinski definition) is 0. The normalized spacial score (nSPS) is 16.2. The van der Waals surface area contributed by atoms with E-state index in [-0.39, 0.29) is 18.0 Å². The summed E-state index contributed by atoms with van der Waals surface area (Å²) >= 11 is 2.69. The Bertz CT molecular complexity index is 1320. The van der Waals surface area contributed by atoms with E-state index >= 15 is 0 Å². The van der Waals surface area contributed by atoms with Gasteiger partial charge >= 0.3 is 5.97 Å². The van der Waals surface area contributed by atoms with E-state index in [1.165, 1.54) is 45.4 Å². The lowest BCUT2D eigenvalue weighted by molar-refractivity contribution is -0.138. The number of esters is 1. The van der Waals surface area contributed by atoms with E-state index in [0.29, 0.717) is 26.2 Å². The fraction of sp³-hybridized carbons (Fsp3) is 0.136. The fourth-order valence-corrected chi connectivity index (χ4v) is 5.09. The van der Waals surface area contributed by atoms with Gasteiger partial charge in [-0.05, 0) is 42.1 Å². The van der Waals surface area contributed by atoms with Crippen LogP contribution in [0.2, 0.25) is 0 Å². The molecule has 152 valence electrons. The molecule has 1 aromatic carbocycles. The van der Waals surface area contributed by atoms with E-state index in [4.69, 9.17) is 4.74 Å². The van der Waals surface area contributed by atoms with Crippen LogP contribution in [0.5, 0.6) is 0 Å². The van der Waals surface area contributed by atoms with Crippen molar-refractivity contribution in [1.82, 2.24) is 4.57 Å². The van der Waals surface area contributed by atoms with Gasteiger partial charge < -0.3 is 4.74 Å². The average molecular weight is 441 g/mol. The van der Waals surface area contributed by atoms with Gasteiger partial charge in [-0.25, -0.2) is 14.2 Å². The lowest BCUT2D eigenvalue weighted by Gasteiger charge is -2.23. The molecule has 1 aliphatic rings. The summed E-state index contributed by atoms with van der Waals surface area (Å²) in [6.45, 7) is 5.38. The summed E-state index contributed by atoms with van der Waals surface area (Å²) < 4.78 is 20.5. The Morgan fingerprint density at radius 3 is 2.77 bits per heavy atom. The maximum Gasteiger partial charge on any atom is 0.338 e. The largest absolute Gasteiger partial charge is 0.458 e. The van der Waals surface area contributed by atoms with Gasteiger partial charge in [0.2, 0.25) is 0 Å². The molecule has 2 aromatic heterocycles. The number of carbonyl (C=O) groups excluding carboxylic acids is 1. The quantitative estimate of drug-likeness (QED) is 0.452. The number of aromatic nitrogens is 1. The molecular formula is C22H17FN2O3S2. The van der Waals surface area contributed by atoms with Crippen LogP contribution in [0.1, 0.15) is 23.4 Å².